The highest BCUT2D eigenvalue weighted by Gasteiger charge is 2.28. The van der Waals surface area contributed by atoms with Crippen LogP contribution in [0.25, 0.3) is 6.08 Å². The molecule has 0 fully saturated rings. The van der Waals surface area contributed by atoms with E-state index in [1.54, 1.807) is 18.2 Å². The molecule has 0 saturated carbocycles. The van der Waals surface area contributed by atoms with Crippen LogP contribution in [0.3, 0.4) is 0 Å². The minimum Gasteiger partial charge on any atom is -0.488 e. The predicted octanol–water partition coefficient (Wildman–Crippen LogP) is 5.73. The summed E-state index contributed by atoms with van der Waals surface area (Å²) in [4.78, 5) is 13.0. The standard InChI is InChI=1S/C24H19ClN2O2/c1-17-22(24(28)27(26-17)21-10-6-3-7-11-21)15-19-14-20(25)12-13-23(19)29-16-18-8-4-2-5-9-18/h2-15H,16H2,1H3/b22-15-. The molecule has 0 aliphatic carbocycles. The molecule has 1 aliphatic rings. The van der Waals surface area contributed by atoms with E-state index in [1.807, 2.05) is 73.7 Å². The molecule has 0 unspecified atom stereocenters. The van der Waals surface area contributed by atoms with Gasteiger partial charge in [-0.05, 0) is 48.9 Å². The summed E-state index contributed by atoms with van der Waals surface area (Å²) in [6, 6.07) is 24.7. The lowest BCUT2D eigenvalue weighted by molar-refractivity contribution is -0.114. The second-order valence-electron chi connectivity index (χ2n) is 6.65. The number of ether oxygens (including phenoxy) is 1. The van der Waals surface area contributed by atoms with Gasteiger partial charge in [0, 0.05) is 10.6 Å². The number of benzene rings is 3. The van der Waals surface area contributed by atoms with Crippen LogP contribution in [0.1, 0.15) is 18.1 Å². The fourth-order valence-electron chi connectivity index (χ4n) is 3.08. The highest BCUT2D eigenvalue weighted by Crippen LogP contribution is 2.29. The van der Waals surface area contributed by atoms with E-state index in [9.17, 15) is 4.79 Å². The number of hydrogen-bond acceptors (Lipinski definition) is 3. The number of halogens is 1. The Kier molecular flexibility index (Phi) is 5.45. The van der Waals surface area contributed by atoms with Gasteiger partial charge in [0.15, 0.2) is 0 Å². The molecule has 0 atom stereocenters. The minimum atomic E-state index is -0.178. The molecule has 0 spiro atoms. The van der Waals surface area contributed by atoms with E-state index in [0.717, 1.165) is 16.8 Å². The summed E-state index contributed by atoms with van der Waals surface area (Å²) in [5.41, 5.74) is 3.69. The number of rotatable bonds is 5. The van der Waals surface area contributed by atoms with Gasteiger partial charge in [-0.25, -0.2) is 0 Å². The third kappa shape index (κ3) is 4.23. The van der Waals surface area contributed by atoms with Gasteiger partial charge in [0.25, 0.3) is 5.91 Å². The molecule has 144 valence electrons. The van der Waals surface area contributed by atoms with Crippen LogP contribution in [-0.4, -0.2) is 11.6 Å². The maximum absolute atomic E-state index is 13.0. The first-order chi connectivity index (χ1) is 14.1. The van der Waals surface area contributed by atoms with Gasteiger partial charge in [-0.15, -0.1) is 0 Å². The summed E-state index contributed by atoms with van der Waals surface area (Å²) < 4.78 is 6.00. The molecule has 0 saturated heterocycles. The minimum absolute atomic E-state index is 0.178. The zero-order valence-corrected chi connectivity index (χ0v) is 16.6. The fraction of sp³-hybridized carbons (Fsp3) is 0.0833. The molecule has 0 aromatic heterocycles. The molecule has 0 N–H and O–H groups in total. The molecule has 4 nitrogen and oxygen atoms in total. The van der Waals surface area contributed by atoms with Crippen LogP contribution >= 0.6 is 11.6 Å². The number of anilines is 1. The Morgan fingerprint density at radius 3 is 2.41 bits per heavy atom. The summed E-state index contributed by atoms with van der Waals surface area (Å²) in [5, 5.41) is 6.41. The number of para-hydroxylation sites is 1. The summed E-state index contributed by atoms with van der Waals surface area (Å²) >= 11 is 6.21. The van der Waals surface area contributed by atoms with Crippen molar-refractivity contribution in [2.75, 3.05) is 5.01 Å². The number of carbonyl (C=O) groups is 1. The SMILES string of the molecule is CC1=NN(c2ccccc2)C(=O)/C1=C\c1cc(Cl)ccc1OCc1ccccc1. The Morgan fingerprint density at radius 1 is 1.00 bits per heavy atom. The average Bonchev–Trinajstić information content (AvgIpc) is 3.03. The Balaban J connectivity index is 1.63. The van der Waals surface area contributed by atoms with Crippen molar-refractivity contribution >= 4 is 35.0 Å². The lowest BCUT2D eigenvalue weighted by Gasteiger charge is -2.12. The van der Waals surface area contributed by atoms with Gasteiger partial charge in [0.1, 0.15) is 12.4 Å². The van der Waals surface area contributed by atoms with Crippen LogP contribution in [0.2, 0.25) is 5.02 Å². The largest absolute Gasteiger partial charge is 0.488 e. The number of carbonyl (C=O) groups excluding carboxylic acids is 1. The second-order valence-corrected chi connectivity index (χ2v) is 7.09. The van der Waals surface area contributed by atoms with Crippen LogP contribution in [0.5, 0.6) is 5.75 Å². The van der Waals surface area contributed by atoms with Crippen LogP contribution in [0, 0.1) is 0 Å². The summed E-state index contributed by atoms with van der Waals surface area (Å²) in [6.45, 7) is 2.25. The topological polar surface area (TPSA) is 41.9 Å². The van der Waals surface area contributed by atoms with Crippen molar-refractivity contribution in [2.24, 2.45) is 5.10 Å². The molecular weight excluding hydrogens is 384 g/mol. The molecule has 1 heterocycles. The zero-order chi connectivity index (χ0) is 20.2. The van der Waals surface area contributed by atoms with Gasteiger partial charge in [-0.3, -0.25) is 4.79 Å². The maximum Gasteiger partial charge on any atom is 0.280 e. The highest BCUT2D eigenvalue weighted by molar-refractivity contribution is 6.33. The fourth-order valence-corrected chi connectivity index (χ4v) is 3.26. The quantitative estimate of drug-likeness (QED) is 0.512. The van der Waals surface area contributed by atoms with Crippen molar-refractivity contribution in [3.63, 3.8) is 0 Å². The Hall–Kier alpha value is -3.37. The van der Waals surface area contributed by atoms with Gasteiger partial charge < -0.3 is 4.74 Å². The van der Waals surface area contributed by atoms with E-state index in [0.29, 0.717) is 28.7 Å². The molecule has 1 aliphatic heterocycles. The third-order valence-corrected chi connectivity index (χ3v) is 4.81. The summed E-state index contributed by atoms with van der Waals surface area (Å²) in [6.07, 6.45) is 1.79. The maximum atomic E-state index is 13.0. The van der Waals surface area contributed by atoms with Gasteiger partial charge in [-0.1, -0.05) is 60.1 Å². The Labute approximate surface area is 174 Å². The molecule has 29 heavy (non-hydrogen) atoms. The van der Waals surface area contributed by atoms with Crippen molar-refractivity contribution in [3.05, 3.63) is 101 Å². The lowest BCUT2D eigenvalue weighted by Crippen LogP contribution is -2.21. The van der Waals surface area contributed by atoms with Crippen LogP contribution in [0.15, 0.2) is 89.5 Å². The summed E-state index contributed by atoms with van der Waals surface area (Å²) in [5.74, 6) is 0.479. The average molecular weight is 403 g/mol. The smallest absolute Gasteiger partial charge is 0.280 e. The molecule has 4 rings (SSSR count). The zero-order valence-electron chi connectivity index (χ0n) is 15.9. The van der Waals surface area contributed by atoms with E-state index in [4.69, 9.17) is 16.3 Å². The molecular formula is C24H19ClN2O2. The summed E-state index contributed by atoms with van der Waals surface area (Å²) in [7, 11) is 0. The number of nitrogens with zero attached hydrogens (tertiary/aromatic N) is 2. The Bertz CT molecular complexity index is 1090. The number of amides is 1. The van der Waals surface area contributed by atoms with Gasteiger partial charge in [0.05, 0.1) is 17.0 Å². The molecule has 1 amide bonds. The first-order valence-corrected chi connectivity index (χ1v) is 9.62. The van der Waals surface area contributed by atoms with E-state index in [2.05, 4.69) is 5.10 Å². The highest BCUT2D eigenvalue weighted by atomic mass is 35.5. The molecule has 3 aromatic carbocycles. The van der Waals surface area contributed by atoms with E-state index in [1.165, 1.54) is 5.01 Å². The van der Waals surface area contributed by atoms with Crippen molar-refractivity contribution in [1.29, 1.82) is 0 Å². The third-order valence-electron chi connectivity index (χ3n) is 4.57. The lowest BCUT2D eigenvalue weighted by atomic mass is 10.1. The van der Waals surface area contributed by atoms with Crippen molar-refractivity contribution in [1.82, 2.24) is 0 Å². The van der Waals surface area contributed by atoms with E-state index in [-0.39, 0.29) is 5.91 Å². The first-order valence-electron chi connectivity index (χ1n) is 9.25. The number of hydrazone groups is 1. The van der Waals surface area contributed by atoms with Crippen LogP contribution in [-0.2, 0) is 11.4 Å². The van der Waals surface area contributed by atoms with Gasteiger partial charge >= 0.3 is 0 Å². The van der Waals surface area contributed by atoms with Crippen LogP contribution < -0.4 is 9.75 Å². The number of hydrogen-bond donors (Lipinski definition) is 0. The van der Waals surface area contributed by atoms with Gasteiger partial charge in [0.2, 0.25) is 0 Å². The normalized spacial score (nSPS) is 15.0. The van der Waals surface area contributed by atoms with Gasteiger partial charge in [-0.2, -0.15) is 10.1 Å². The van der Waals surface area contributed by atoms with E-state index >= 15 is 0 Å². The van der Waals surface area contributed by atoms with Crippen molar-refractivity contribution in [2.45, 2.75) is 13.5 Å². The van der Waals surface area contributed by atoms with Crippen molar-refractivity contribution in [3.8, 4) is 5.75 Å². The molecule has 5 heteroatoms. The molecule has 3 aromatic rings. The molecule has 0 bridgehead atoms. The molecule has 0 radical (unpaired) electrons. The van der Waals surface area contributed by atoms with Crippen molar-refractivity contribution < 1.29 is 9.53 Å². The first kappa shape index (κ1) is 19.0. The second kappa shape index (κ2) is 8.33. The Morgan fingerprint density at radius 2 is 1.69 bits per heavy atom. The predicted molar refractivity (Wildman–Crippen MR) is 117 cm³/mol. The van der Waals surface area contributed by atoms with E-state index < -0.39 is 0 Å². The van der Waals surface area contributed by atoms with Crippen LogP contribution in [0.4, 0.5) is 5.69 Å². The monoisotopic (exact) mass is 402 g/mol.